The van der Waals surface area contributed by atoms with E-state index in [2.05, 4.69) is 0 Å². The summed E-state index contributed by atoms with van der Waals surface area (Å²) < 4.78 is 5.27. The minimum atomic E-state index is -0.671. The van der Waals surface area contributed by atoms with Crippen LogP contribution in [0, 0.1) is 5.92 Å². The highest BCUT2D eigenvalue weighted by atomic mass is 16.6. The number of aliphatic hydroxyl groups excluding tert-OH is 2. The van der Waals surface area contributed by atoms with E-state index in [1.165, 1.54) is 0 Å². The van der Waals surface area contributed by atoms with Crippen LogP contribution in [-0.4, -0.2) is 52.6 Å². The Bertz CT molecular complexity index is 254. The Morgan fingerprint density at radius 3 is 2.35 bits per heavy atom. The summed E-state index contributed by atoms with van der Waals surface area (Å²) in [5.74, 6) is 0.0821. The molecule has 17 heavy (non-hydrogen) atoms. The number of carbonyl (C=O) groups excluding carboxylic acids is 1. The maximum absolute atomic E-state index is 11.8. The van der Waals surface area contributed by atoms with Crippen molar-refractivity contribution in [2.45, 2.75) is 45.3 Å². The minimum absolute atomic E-state index is 0.0821. The Morgan fingerprint density at radius 2 is 1.94 bits per heavy atom. The van der Waals surface area contributed by atoms with Crippen molar-refractivity contribution in [3.8, 4) is 0 Å². The van der Waals surface area contributed by atoms with Gasteiger partial charge in [0.2, 0.25) is 0 Å². The molecule has 5 heteroatoms. The van der Waals surface area contributed by atoms with E-state index in [4.69, 9.17) is 9.84 Å². The van der Waals surface area contributed by atoms with E-state index in [-0.39, 0.29) is 18.6 Å². The lowest BCUT2D eigenvalue weighted by Gasteiger charge is -2.34. The molecule has 0 saturated carbocycles. The molecule has 1 heterocycles. The summed E-state index contributed by atoms with van der Waals surface area (Å²) in [6, 6.07) is 0. The zero-order chi connectivity index (χ0) is 13.1. The molecular formula is C12H23NO4. The van der Waals surface area contributed by atoms with Gasteiger partial charge in [0.05, 0.1) is 12.7 Å². The van der Waals surface area contributed by atoms with Crippen LogP contribution in [0.15, 0.2) is 0 Å². The summed E-state index contributed by atoms with van der Waals surface area (Å²) in [5.41, 5.74) is -0.474. The van der Waals surface area contributed by atoms with E-state index in [1.807, 2.05) is 20.8 Å². The van der Waals surface area contributed by atoms with E-state index < -0.39 is 11.7 Å². The molecule has 0 spiro atoms. The van der Waals surface area contributed by atoms with Gasteiger partial charge in [-0.3, -0.25) is 0 Å². The van der Waals surface area contributed by atoms with Gasteiger partial charge in [-0.15, -0.1) is 0 Å². The maximum Gasteiger partial charge on any atom is 0.410 e. The molecule has 1 fully saturated rings. The summed E-state index contributed by atoms with van der Waals surface area (Å²) in [5, 5.41) is 18.4. The second-order valence-electron chi connectivity index (χ2n) is 5.55. The fraction of sp³-hybridized carbons (Fsp3) is 0.917. The van der Waals surface area contributed by atoms with E-state index in [0.717, 1.165) is 0 Å². The van der Waals surface area contributed by atoms with Crippen LogP contribution >= 0.6 is 0 Å². The third-order valence-corrected chi connectivity index (χ3v) is 2.92. The van der Waals surface area contributed by atoms with Crippen molar-refractivity contribution in [1.82, 2.24) is 4.90 Å². The smallest absolute Gasteiger partial charge is 0.410 e. The van der Waals surface area contributed by atoms with Gasteiger partial charge < -0.3 is 19.8 Å². The first-order chi connectivity index (χ1) is 7.83. The lowest BCUT2D eigenvalue weighted by molar-refractivity contribution is -0.00270. The second kappa shape index (κ2) is 5.69. The monoisotopic (exact) mass is 245 g/mol. The summed E-state index contributed by atoms with van der Waals surface area (Å²) in [6.45, 7) is 6.47. The van der Waals surface area contributed by atoms with E-state index in [1.54, 1.807) is 4.90 Å². The van der Waals surface area contributed by atoms with Crippen LogP contribution < -0.4 is 0 Å². The van der Waals surface area contributed by atoms with Gasteiger partial charge in [-0.2, -0.15) is 0 Å². The van der Waals surface area contributed by atoms with Gasteiger partial charge in [0, 0.05) is 13.1 Å². The molecule has 0 aromatic heterocycles. The lowest BCUT2D eigenvalue weighted by atomic mass is 9.92. The molecule has 1 aliphatic rings. The molecule has 1 rings (SSSR count). The minimum Gasteiger partial charge on any atom is -0.444 e. The Hall–Kier alpha value is -0.810. The van der Waals surface area contributed by atoms with Crippen LogP contribution in [0.2, 0.25) is 0 Å². The summed E-state index contributed by atoms with van der Waals surface area (Å²) in [7, 11) is 0. The zero-order valence-electron chi connectivity index (χ0n) is 10.8. The second-order valence-corrected chi connectivity index (χ2v) is 5.55. The van der Waals surface area contributed by atoms with Crippen LogP contribution in [0.5, 0.6) is 0 Å². The molecule has 0 bridgehead atoms. The number of piperidine rings is 1. The highest BCUT2D eigenvalue weighted by Gasteiger charge is 2.29. The maximum atomic E-state index is 11.8. The first kappa shape index (κ1) is 14.3. The predicted molar refractivity (Wildman–Crippen MR) is 63.6 cm³/mol. The van der Waals surface area contributed by atoms with E-state index >= 15 is 0 Å². The highest BCUT2D eigenvalue weighted by Crippen LogP contribution is 2.22. The third kappa shape index (κ3) is 4.52. The first-order valence-corrected chi connectivity index (χ1v) is 6.10. The molecule has 1 amide bonds. The number of likely N-dealkylation sites (tertiary alicyclic amines) is 1. The Labute approximate surface area is 102 Å². The average molecular weight is 245 g/mol. The molecule has 1 saturated heterocycles. The first-order valence-electron chi connectivity index (χ1n) is 6.10. The van der Waals surface area contributed by atoms with Crippen molar-refractivity contribution < 1.29 is 19.7 Å². The molecule has 0 aliphatic carbocycles. The number of rotatable bonds is 2. The summed E-state index contributed by atoms with van der Waals surface area (Å²) in [4.78, 5) is 13.4. The predicted octanol–water partition coefficient (Wildman–Crippen LogP) is 0.987. The van der Waals surface area contributed by atoms with Crippen molar-refractivity contribution >= 4 is 6.09 Å². The number of amides is 1. The molecule has 1 atom stereocenters. The molecule has 1 unspecified atom stereocenters. The van der Waals surface area contributed by atoms with Crippen LogP contribution in [0.25, 0.3) is 0 Å². The van der Waals surface area contributed by atoms with Crippen molar-refractivity contribution in [1.29, 1.82) is 0 Å². The lowest BCUT2D eigenvalue weighted by Crippen LogP contribution is -2.44. The van der Waals surface area contributed by atoms with Crippen LogP contribution in [0.4, 0.5) is 4.79 Å². The zero-order valence-corrected chi connectivity index (χ0v) is 10.8. The van der Waals surface area contributed by atoms with Crippen LogP contribution in [0.3, 0.4) is 0 Å². The molecule has 2 N–H and O–H groups in total. The van der Waals surface area contributed by atoms with Crippen molar-refractivity contribution in [2.75, 3.05) is 19.7 Å². The fourth-order valence-electron chi connectivity index (χ4n) is 1.94. The molecule has 0 aromatic carbocycles. The van der Waals surface area contributed by atoms with Gasteiger partial charge in [0.25, 0.3) is 0 Å². The highest BCUT2D eigenvalue weighted by molar-refractivity contribution is 5.68. The van der Waals surface area contributed by atoms with Crippen LogP contribution in [0.1, 0.15) is 33.6 Å². The standard InChI is InChI=1S/C12H23NO4/c1-12(2,3)17-11(16)13-6-4-9(5-7-13)10(15)8-14/h9-10,14-15H,4-8H2,1-3H3. The van der Waals surface area contributed by atoms with Gasteiger partial charge in [-0.25, -0.2) is 4.79 Å². The summed E-state index contributed by atoms with van der Waals surface area (Å²) in [6.07, 6.45) is 0.451. The SMILES string of the molecule is CC(C)(C)OC(=O)N1CCC(C(O)CO)CC1. The van der Waals surface area contributed by atoms with Crippen LogP contribution in [-0.2, 0) is 4.74 Å². The number of hydrogen-bond acceptors (Lipinski definition) is 4. The van der Waals surface area contributed by atoms with Crippen molar-refractivity contribution in [2.24, 2.45) is 5.92 Å². The average Bonchev–Trinajstić information content (AvgIpc) is 2.26. The number of nitrogens with zero attached hydrogens (tertiary/aromatic N) is 1. The van der Waals surface area contributed by atoms with E-state index in [9.17, 15) is 9.90 Å². The molecule has 0 aromatic rings. The quantitative estimate of drug-likeness (QED) is 0.761. The van der Waals surface area contributed by atoms with Gasteiger partial charge in [-0.1, -0.05) is 0 Å². The topological polar surface area (TPSA) is 70.0 Å². The molecule has 100 valence electrons. The molecule has 1 aliphatic heterocycles. The van der Waals surface area contributed by atoms with Crippen molar-refractivity contribution in [3.05, 3.63) is 0 Å². The Kier molecular flexibility index (Phi) is 4.77. The normalized spacial score (nSPS) is 20.2. The van der Waals surface area contributed by atoms with E-state index in [0.29, 0.717) is 25.9 Å². The number of aliphatic hydroxyl groups is 2. The Morgan fingerprint density at radius 1 is 1.41 bits per heavy atom. The fourth-order valence-corrected chi connectivity index (χ4v) is 1.94. The number of carbonyl (C=O) groups is 1. The summed E-state index contributed by atoms with van der Waals surface area (Å²) >= 11 is 0. The molecule has 5 nitrogen and oxygen atoms in total. The Balaban J connectivity index is 2.39. The van der Waals surface area contributed by atoms with Gasteiger partial charge in [0.15, 0.2) is 0 Å². The van der Waals surface area contributed by atoms with Crippen molar-refractivity contribution in [3.63, 3.8) is 0 Å². The molecular weight excluding hydrogens is 222 g/mol. The number of ether oxygens (including phenoxy) is 1. The molecule has 0 radical (unpaired) electrons. The van der Waals surface area contributed by atoms with Gasteiger partial charge in [0.1, 0.15) is 5.60 Å². The van der Waals surface area contributed by atoms with Gasteiger partial charge in [-0.05, 0) is 39.5 Å². The third-order valence-electron chi connectivity index (χ3n) is 2.92. The van der Waals surface area contributed by atoms with Gasteiger partial charge >= 0.3 is 6.09 Å². The number of hydrogen-bond donors (Lipinski definition) is 2. The largest absolute Gasteiger partial charge is 0.444 e.